The quantitative estimate of drug-likeness (QED) is 0.264. The molecule has 0 aliphatic rings. The molecule has 2 aromatic heterocycles. The number of ether oxygens (including phenoxy) is 4. The largest absolute Gasteiger partial charge is 0.462 e. The molecule has 0 saturated carbocycles. The second-order valence-corrected chi connectivity index (χ2v) is 8.03. The highest BCUT2D eigenvalue weighted by Crippen LogP contribution is 2.34. The Balaban J connectivity index is 2.60. The van der Waals surface area contributed by atoms with Gasteiger partial charge in [-0.3, -0.25) is 23.7 Å². The van der Waals surface area contributed by atoms with Gasteiger partial charge in [0, 0.05) is 27.7 Å². The lowest BCUT2D eigenvalue weighted by atomic mass is 10.1. The molecule has 0 aliphatic heterocycles. The standard InChI is InChI=1S/C19H23ClN4O8S/c1-9(25)29-6-13(30-10(2)26)15(31-11(3)27)16(32-12(4)28)19(33-5)24-8-23-14-17(20)21-7-22-18(14)24/h7-8,13,15-16,19H,6H2,1-5H3/t13-,15-,16-,19+/m1/s1. The summed E-state index contributed by atoms with van der Waals surface area (Å²) in [7, 11) is 0. The number of thioether (sulfide) groups is 1. The fourth-order valence-corrected chi connectivity index (χ4v) is 4.09. The van der Waals surface area contributed by atoms with Crippen molar-refractivity contribution in [1.29, 1.82) is 0 Å². The molecule has 12 nitrogen and oxygen atoms in total. The maximum Gasteiger partial charge on any atom is 0.303 e. The molecule has 0 unspecified atom stereocenters. The fraction of sp³-hybridized carbons (Fsp3) is 0.526. The number of fused-ring (bicyclic) bond motifs is 1. The molecule has 0 aliphatic carbocycles. The fourth-order valence-electron chi connectivity index (χ4n) is 3.05. The number of aromatic nitrogens is 4. The van der Waals surface area contributed by atoms with Crippen LogP contribution in [0, 0.1) is 0 Å². The zero-order valence-electron chi connectivity index (χ0n) is 18.5. The summed E-state index contributed by atoms with van der Waals surface area (Å²) in [5, 5.41) is -0.656. The van der Waals surface area contributed by atoms with E-state index in [9.17, 15) is 19.2 Å². The van der Waals surface area contributed by atoms with Gasteiger partial charge in [-0.15, -0.1) is 11.8 Å². The minimum absolute atomic E-state index is 0.117. The molecule has 0 saturated heterocycles. The number of rotatable bonds is 10. The summed E-state index contributed by atoms with van der Waals surface area (Å²) in [4.78, 5) is 59.4. The highest BCUT2D eigenvalue weighted by atomic mass is 35.5. The number of carbonyl (C=O) groups is 4. The van der Waals surface area contributed by atoms with Gasteiger partial charge in [-0.1, -0.05) is 11.6 Å². The highest BCUT2D eigenvalue weighted by molar-refractivity contribution is 7.98. The van der Waals surface area contributed by atoms with Gasteiger partial charge in [-0.05, 0) is 6.26 Å². The molecule has 0 amide bonds. The number of hydrogen-bond acceptors (Lipinski definition) is 12. The molecule has 2 rings (SSSR count). The van der Waals surface area contributed by atoms with Crippen LogP contribution in [-0.4, -0.2) is 74.6 Å². The first-order valence-electron chi connectivity index (χ1n) is 9.56. The van der Waals surface area contributed by atoms with Crippen LogP contribution >= 0.6 is 23.4 Å². The molecule has 0 bridgehead atoms. The Kier molecular flexibility index (Phi) is 9.41. The van der Waals surface area contributed by atoms with Crippen molar-refractivity contribution in [3.05, 3.63) is 17.8 Å². The van der Waals surface area contributed by atoms with Gasteiger partial charge >= 0.3 is 23.9 Å². The van der Waals surface area contributed by atoms with Gasteiger partial charge in [0.05, 0.1) is 6.33 Å². The summed E-state index contributed by atoms with van der Waals surface area (Å²) in [6.45, 7) is 4.18. The second-order valence-electron chi connectivity index (χ2n) is 6.71. The van der Waals surface area contributed by atoms with Crippen molar-refractivity contribution in [2.45, 2.75) is 51.4 Å². The molecule has 0 N–H and O–H groups in total. The van der Waals surface area contributed by atoms with Crippen molar-refractivity contribution in [1.82, 2.24) is 19.5 Å². The molecule has 0 spiro atoms. The first-order valence-corrected chi connectivity index (χ1v) is 11.2. The van der Waals surface area contributed by atoms with Crippen LogP contribution in [0.25, 0.3) is 11.2 Å². The van der Waals surface area contributed by atoms with Crippen LogP contribution in [0.4, 0.5) is 0 Å². The molecule has 2 aromatic rings. The maximum absolute atomic E-state index is 12.0. The van der Waals surface area contributed by atoms with Gasteiger partial charge in [-0.25, -0.2) is 15.0 Å². The van der Waals surface area contributed by atoms with E-state index in [1.54, 1.807) is 10.8 Å². The predicted molar refractivity (Wildman–Crippen MR) is 116 cm³/mol. The number of carbonyl (C=O) groups excluding carboxylic acids is 4. The van der Waals surface area contributed by atoms with Crippen molar-refractivity contribution in [2.24, 2.45) is 0 Å². The van der Waals surface area contributed by atoms with Gasteiger partial charge < -0.3 is 18.9 Å². The van der Waals surface area contributed by atoms with E-state index in [2.05, 4.69) is 15.0 Å². The van der Waals surface area contributed by atoms with Crippen LogP contribution in [0.5, 0.6) is 0 Å². The van der Waals surface area contributed by atoms with Gasteiger partial charge in [0.2, 0.25) is 0 Å². The Morgan fingerprint density at radius 3 is 2.09 bits per heavy atom. The van der Waals surface area contributed by atoms with Crippen molar-refractivity contribution in [3.8, 4) is 0 Å². The minimum Gasteiger partial charge on any atom is -0.462 e. The van der Waals surface area contributed by atoms with Gasteiger partial charge in [-0.2, -0.15) is 0 Å². The molecule has 2 heterocycles. The number of hydrogen-bond donors (Lipinski definition) is 0. The van der Waals surface area contributed by atoms with Crippen molar-refractivity contribution < 1.29 is 38.1 Å². The molecular formula is C19H23ClN4O8S. The summed E-state index contributed by atoms with van der Waals surface area (Å²) in [5.74, 6) is -2.80. The lowest BCUT2D eigenvalue weighted by Crippen LogP contribution is -2.50. The molecule has 180 valence electrons. The lowest BCUT2D eigenvalue weighted by Gasteiger charge is -2.35. The highest BCUT2D eigenvalue weighted by Gasteiger charge is 2.43. The Morgan fingerprint density at radius 2 is 1.55 bits per heavy atom. The Hall–Kier alpha value is -2.93. The smallest absolute Gasteiger partial charge is 0.303 e. The third-order valence-corrected chi connectivity index (χ3v) is 5.43. The van der Waals surface area contributed by atoms with Crippen LogP contribution in [0.2, 0.25) is 5.15 Å². The van der Waals surface area contributed by atoms with Gasteiger partial charge in [0.25, 0.3) is 0 Å². The average molecular weight is 503 g/mol. The summed E-state index contributed by atoms with van der Waals surface area (Å²) in [6, 6.07) is 0. The summed E-state index contributed by atoms with van der Waals surface area (Å²) in [6.07, 6.45) is 0.540. The minimum atomic E-state index is -1.35. The molecule has 14 heteroatoms. The lowest BCUT2D eigenvalue weighted by molar-refractivity contribution is -0.190. The van der Waals surface area contributed by atoms with Crippen LogP contribution < -0.4 is 0 Å². The first-order chi connectivity index (χ1) is 15.5. The Morgan fingerprint density at radius 1 is 0.939 bits per heavy atom. The van der Waals surface area contributed by atoms with Gasteiger partial charge in [0.15, 0.2) is 29.1 Å². The second kappa shape index (κ2) is 11.8. The van der Waals surface area contributed by atoms with Crippen LogP contribution in [0.3, 0.4) is 0 Å². The summed E-state index contributed by atoms with van der Waals surface area (Å²) >= 11 is 7.31. The number of esters is 4. The maximum atomic E-state index is 12.0. The van der Waals surface area contributed by atoms with E-state index in [1.807, 2.05) is 0 Å². The third-order valence-electron chi connectivity index (χ3n) is 4.17. The number of imidazole rings is 1. The van der Waals surface area contributed by atoms with E-state index in [-0.39, 0.29) is 5.15 Å². The number of nitrogens with zero attached hydrogens (tertiary/aromatic N) is 4. The normalized spacial score (nSPS) is 14.6. The van der Waals surface area contributed by atoms with Gasteiger partial charge in [0.1, 0.15) is 23.8 Å². The van der Waals surface area contributed by atoms with Crippen LogP contribution in [0.15, 0.2) is 12.7 Å². The predicted octanol–water partition coefficient (Wildman–Crippen LogP) is 1.70. The van der Waals surface area contributed by atoms with Crippen LogP contribution in [-0.2, 0) is 38.1 Å². The monoisotopic (exact) mass is 502 g/mol. The Labute approximate surface area is 198 Å². The molecule has 0 fully saturated rings. The average Bonchev–Trinajstić information content (AvgIpc) is 3.14. The van der Waals surface area contributed by atoms with E-state index >= 15 is 0 Å². The summed E-state index contributed by atoms with van der Waals surface area (Å²) < 4.78 is 22.8. The van der Waals surface area contributed by atoms with Crippen molar-refractivity contribution in [3.63, 3.8) is 0 Å². The summed E-state index contributed by atoms with van der Waals surface area (Å²) in [5.41, 5.74) is 0.636. The van der Waals surface area contributed by atoms with Crippen LogP contribution in [0.1, 0.15) is 33.1 Å². The van der Waals surface area contributed by atoms with E-state index in [4.69, 9.17) is 30.5 Å². The van der Waals surface area contributed by atoms with E-state index in [1.165, 1.54) is 38.3 Å². The van der Waals surface area contributed by atoms with Crippen molar-refractivity contribution >= 4 is 58.4 Å². The molecular weight excluding hydrogens is 480 g/mol. The van der Waals surface area contributed by atoms with Crippen molar-refractivity contribution in [2.75, 3.05) is 12.9 Å². The zero-order chi connectivity index (χ0) is 24.7. The Bertz CT molecular complexity index is 1030. The zero-order valence-corrected chi connectivity index (χ0v) is 20.1. The molecule has 33 heavy (non-hydrogen) atoms. The van der Waals surface area contributed by atoms with E-state index < -0.39 is 54.2 Å². The molecule has 0 radical (unpaired) electrons. The SMILES string of the molecule is CS[C@@H]([C@H](OC(C)=O)[C@H](OC(C)=O)[C@@H](COC(C)=O)OC(C)=O)n1cnc2c(Cl)ncnc21. The first kappa shape index (κ1) is 26.3. The molecule has 0 aromatic carbocycles. The van der Waals surface area contributed by atoms with E-state index in [0.717, 1.165) is 13.8 Å². The topological polar surface area (TPSA) is 149 Å². The number of halogens is 1. The third kappa shape index (κ3) is 7.02. The van der Waals surface area contributed by atoms with E-state index in [0.29, 0.717) is 11.2 Å². The molecule has 4 atom stereocenters.